The second kappa shape index (κ2) is 4.82. The highest BCUT2D eigenvalue weighted by atomic mass is 16.4. The minimum Gasteiger partial charge on any atom is -0.481 e. The number of aromatic nitrogens is 3. The molecule has 2 rings (SSSR count). The number of aliphatic carboxylic acids is 1. The molecule has 1 atom stereocenters. The van der Waals surface area contributed by atoms with Gasteiger partial charge in [-0.25, -0.2) is 9.50 Å². The Balaban J connectivity index is 1.96. The minimum absolute atomic E-state index is 0.0652. The van der Waals surface area contributed by atoms with Gasteiger partial charge in [-0.05, 0) is 12.0 Å². The molecule has 0 fully saturated rings. The first-order chi connectivity index (χ1) is 8.15. The summed E-state index contributed by atoms with van der Waals surface area (Å²) in [4.78, 5) is 14.8. The third-order valence-corrected chi connectivity index (χ3v) is 2.41. The molecule has 2 heterocycles. The van der Waals surface area contributed by atoms with Gasteiger partial charge in [0.15, 0.2) is 5.65 Å². The first kappa shape index (κ1) is 11.4. The van der Waals surface area contributed by atoms with Gasteiger partial charge in [0.2, 0.25) is 0 Å². The predicted octanol–water partition coefficient (Wildman–Crippen LogP) is 1.25. The van der Waals surface area contributed by atoms with Crippen molar-refractivity contribution in [1.82, 2.24) is 14.6 Å². The molecule has 0 saturated heterocycles. The summed E-state index contributed by atoms with van der Waals surface area (Å²) in [6.45, 7) is 2.47. The van der Waals surface area contributed by atoms with Crippen LogP contribution < -0.4 is 5.32 Å². The first-order valence-electron chi connectivity index (χ1n) is 5.41. The minimum atomic E-state index is -0.779. The zero-order chi connectivity index (χ0) is 12.3. The number of nitrogens with zero attached hydrogens (tertiary/aromatic N) is 3. The van der Waals surface area contributed by atoms with Crippen LogP contribution in [-0.2, 0) is 4.79 Å². The lowest BCUT2D eigenvalue weighted by atomic mass is 10.1. The Bertz CT molecular complexity index is 523. The molecular weight excluding hydrogens is 220 g/mol. The van der Waals surface area contributed by atoms with Crippen LogP contribution in [0.3, 0.4) is 0 Å². The van der Waals surface area contributed by atoms with Gasteiger partial charge in [0.25, 0.3) is 0 Å². The Morgan fingerprint density at radius 1 is 1.59 bits per heavy atom. The topological polar surface area (TPSA) is 79.5 Å². The average Bonchev–Trinajstić information content (AvgIpc) is 2.72. The summed E-state index contributed by atoms with van der Waals surface area (Å²) in [5.41, 5.74) is 0.765. The van der Waals surface area contributed by atoms with Crippen LogP contribution in [0.25, 0.3) is 5.65 Å². The summed E-state index contributed by atoms with van der Waals surface area (Å²) in [7, 11) is 0. The molecule has 2 aromatic heterocycles. The van der Waals surface area contributed by atoms with Gasteiger partial charge >= 0.3 is 5.97 Å². The van der Waals surface area contributed by atoms with E-state index in [1.807, 2.05) is 25.3 Å². The number of carboxylic acids is 1. The van der Waals surface area contributed by atoms with E-state index >= 15 is 0 Å². The molecule has 1 unspecified atom stereocenters. The molecule has 2 aromatic rings. The van der Waals surface area contributed by atoms with Crippen molar-refractivity contribution in [3.63, 3.8) is 0 Å². The zero-order valence-electron chi connectivity index (χ0n) is 9.50. The number of nitrogens with one attached hydrogen (secondary N) is 1. The Labute approximate surface area is 98.3 Å². The van der Waals surface area contributed by atoms with Crippen molar-refractivity contribution in [2.75, 3.05) is 11.9 Å². The molecule has 0 radical (unpaired) electrons. The van der Waals surface area contributed by atoms with Crippen molar-refractivity contribution in [3.05, 3.63) is 24.5 Å². The maximum Gasteiger partial charge on any atom is 0.303 e. The number of anilines is 1. The summed E-state index contributed by atoms with van der Waals surface area (Å²) in [6.07, 6.45) is 3.65. The number of carboxylic acid groups (broad SMARTS) is 1. The Kier molecular flexibility index (Phi) is 3.22. The molecule has 0 aliphatic carbocycles. The lowest BCUT2D eigenvalue weighted by Crippen LogP contribution is -2.15. The monoisotopic (exact) mass is 234 g/mol. The molecule has 0 amide bonds. The number of hydrogen-bond donors (Lipinski definition) is 2. The fourth-order valence-corrected chi connectivity index (χ4v) is 1.56. The van der Waals surface area contributed by atoms with Gasteiger partial charge in [0, 0.05) is 25.2 Å². The molecule has 6 nitrogen and oxygen atoms in total. The van der Waals surface area contributed by atoms with Gasteiger partial charge < -0.3 is 10.4 Å². The molecular formula is C11H14N4O2. The number of fused-ring (bicyclic) bond motifs is 1. The molecule has 0 saturated carbocycles. The normalized spacial score (nSPS) is 12.5. The lowest BCUT2D eigenvalue weighted by Gasteiger charge is -2.10. The van der Waals surface area contributed by atoms with Crippen molar-refractivity contribution in [1.29, 1.82) is 0 Å². The van der Waals surface area contributed by atoms with E-state index in [0.717, 1.165) is 11.5 Å². The zero-order valence-corrected chi connectivity index (χ0v) is 9.50. The molecule has 90 valence electrons. The van der Waals surface area contributed by atoms with Gasteiger partial charge in [-0.1, -0.05) is 6.92 Å². The smallest absolute Gasteiger partial charge is 0.303 e. The second-order valence-electron chi connectivity index (χ2n) is 4.03. The summed E-state index contributed by atoms with van der Waals surface area (Å²) in [5.74, 6) is 0.0178. The number of rotatable bonds is 5. The SMILES string of the molecule is CC(CNc1ccn2nccc2n1)CC(=O)O. The van der Waals surface area contributed by atoms with Crippen molar-refractivity contribution < 1.29 is 9.90 Å². The molecule has 0 aromatic carbocycles. The lowest BCUT2D eigenvalue weighted by molar-refractivity contribution is -0.137. The van der Waals surface area contributed by atoms with E-state index in [2.05, 4.69) is 15.4 Å². The van der Waals surface area contributed by atoms with Crippen LogP contribution in [0.1, 0.15) is 13.3 Å². The quantitative estimate of drug-likeness (QED) is 0.814. The molecule has 6 heteroatoms. The van der Waals surface area contributed by atoms with Crippen molar-refractivity contribution in [2.24, 2.45) is 5.92 Å². The fraction of sp³-hybridized carbons (Fsp3) is 0.364. The van der Waals surface area contributed by atoms with Gasteiger partial charge in [0.1, 0.15) is 5.82 Å². The van der Waals surface area contributed by atoms with E-state index in [9.17, 15) is 4.79 Å². The van der Waals surface area contributed by atoms with Crippen molar-refractivity contribution >= 4 is 17.4 Å². The van der Waals surface area contributed by atoms with Crippen LogP contribution in [0.2, 0.25) is 0 Å². The Morgan fingerprint density at radius 2 is 2.41 bits per heavy atom. The van der Waals surface area contributed by atoms with E-state index < -0.39 is 5.97 Å². The highest BCUT2D eigenvalue weighted by Crippen LogP contribution is 2.08. The first-order valence-corrected chi connectivity index (χ1v) is 5.41. The summed E-state index contributed by atoms with van der Waals surface area (Å²) >= 11 is 0. The maximum absolute atomic E-state index is 10.5. The summed E-state index contributed by atoms with van der Waals surface area (Å²) < 4.78 is 1.67. The van der Waals surface area contributed by atoms with Gasteiger partial charge in [-0.2, -0.15) is 5.10 Å². The maximum atomic E-state index is 10.5. The standard InChI is InChI=1S/C11H14N4O2/c1-8(6-11(16)17)7-12-9-3-5-15-10(14-9)2-4-13-15/h2-5,8H,6-7H2,1H3,(H,12,14)(H,16,17). The van der Waals surface area contributed by atoms with Gasteiger partial charge in [-0.3, -0.25) is 4.79 Å². The summed E-state index contributed by atoms with van der Waals surface area (Å²) in [6, 6.07) is 3.62. The van der Waals surface area contributed by atoms with E-state index in [1.165, 1.54) is 0 Å². The molecule has 0 aliphatic heterocycles. The Morgan fingerprint density at radius 3 is 3.18 bits per heavy atom. The largest absolute Gasteiger partial charge is 0.481 e. The van der Waals surface area contributed by atoms with Crippen molar-refractivity contribution in [2.45, 2.75) is 13.3 Å². The fourth-order valence-electron chi connectivity index (χ4n) is 1.56. The van der Waals surface area contributed by atoms with Crippen LogP contribution in [0, 0.1) is 5.92 Å². The third kappa shape index (κ3) is 2.93. The van der Waals surface area contributed by atoms with E-state index in [0.29, 0.717) is 6.54 Å². The van der Waals surface area contributed by atoms with Crippen LogP contribution in [0.15, 0.2) is 24.5 Å². The van der Waals surface area contributed by atoms with Gasteiger partial charge in [0.05, 0.1) is 6.20 Å². The van der Waals surface area contributed by atoms with Crippen LogP contribution in [0.4, 0.5) is 5.82 Å². The summed E-state index contributed by atoms with van der Waals surface area (Å²) in [5, 5.41) is 15.8. The molecule has 17 heavy (non-hydrogen) atoms. The van der Waals surface area contributed by atoms with E-state index in [4.69, 9.17) is 5.11 Å². The van der Waals surface area contributed by atoms with Crippen molar-refractivity contribution in [3.8, 4) is 0 Å². The van der Waals surface area contributed by atoms with Crippen LogP contribution in [-0.4, -0.2) is 32.2 Å². The molecule has 0 bridgehead atoms. The Hall–Kier alpha value is -2.11. The van der Waals surface area contributed by atoms with E-state index in [-0.39, 0.29) is 12.3 Å². The van der Waals surface area contributed by atoms with Crippen LogP contribution >= 0.6 is 0 Å². The average molecular weight is 234 g/mol. The number of carbonyl (C=O) groups is 1. The predicted molar refractivity (Wildman–Crippen MR) is 62.9 cm³/mol. The van der Waals surface area contributed by atoms with E-state index in [1.54, 1.807) is 10.7 Å². The molecule has 2 N–H and O–H groups in total. The van der Waals surface area contributed by atoms with Crippen LogP contribution in [0.5, 0.6) is 0 Å². The number of hydrogen-bond acceptors (Lipinski definition) is 4. The molecule has 0 spiro atoms. The second-order valence-corrected chi connectivity index (χ2v) is 4.03. The van der Waals surface area contributed by atoms with Gasteiger partial charge in [-0.15, -0.1) is 0 Å². The highest BCUT2D eigenvalue weighted by Gasteiger charge is 2.07. The highest BCUT2D eigenvalue weighted by molar-refractivity contribution is 5.67. The third-order valence-electron chi connectivity index (χ3n) is 2.41. The molecule has 0 aliphatic rings.